The second-order valence-corrected chi connectivity index (χ2v) is 7.47. The van der Waals surface area contributed by atoms with Crippen molar-refractivity contribution in [3.8, 4) is 0 Å². The molecular formula is C17H17ClF3N5O2. The van der Waals surface area contributed by atoms with Gasteiger partial charge in [-0.05, 0) is 25.0 Å². The number of aromatic nitrogens is 4. The van der Waals surface area contributed by atoms with Crippen molar-refractivity contribution in [1.29, 1.82) is 0 Å². The Bertz CT molecular complexity index is 959. The summed E-state index contributed by atoms with van der Waals surface area (Å²) in [6.07, 6.45) is -0.371. The molecule has 7 nitrogen and oxygen atoms in total. The van der Waals surface area contributed by atoms with Gasteiger partial charge in [-0.3, -0.25) is 14.3 Å². The highest BCUT2D eigenvalue weighted by atomic mass is 35.5. The summed E-state index contributed by atoms with van der Waals surface area (Å²) < 4.78 is 43.9. The summed E-state index contributed by atoms with van der Waals surface area (Å²) in [5.41, 5.74) is -0.409. The molecule has 0 aromatic carbocycles. The van der Waals surface area contributed by atoms with Crippen LogP contribution in [0.4, 0.5) is 13.2 Å². The van der Waals surface area contributed by atoms with Crippen LogP contribution in [0.3, 0.4) is 0 Å². The molecule has 2 aliphatic heterocycles. The third-order valence-corrected chi connectivity index (χ3v) is 5.29. The largest absolute Gasteiger partial charge is 0.347 e. The van der Waals surface area contributed by atoms with E-state index in [9.17, 15) is 22.8 Å². The lowest BCUT2D eigenvalue weighted by molar-refractivity contribution is -0.137. The van der Waals surface area contributed by atoms with E-state index in [2.05, 4.69) is 10.1 Å². The first-order valence-electron chi connectivity index (χ1n) is 8.87. The summed E-state index contributed by atoms with van der Waals surface area (Å²) in [5, 5.41) is 4.19. The maximum Gasteiger partial charge on any atom is 0.347 e. The fourth-order valence-electron chi connectivity index (χ4n) is 3.63. The van der Waals surface area contributed by atoms with Crippen molar-refractivity contribution >= 4 is 17.5 Å². The molecule has 2 aromatic rings. The Morgan fingerprint density at radius 3 is 2.75 bits per heavy atom. The molecule has 4 heterocycles. The lowest BCUT2D eigenvalue weighted by Gasteiger charge is -2.30. The molecule has 150 valence electrons. The second kappa shape index (κ2) is 6.91. The number of hydrogen-bond donors (Lipinski definition) is 0. The first kappa shape index (κ1) is 19.0. The van der Waals surface area contributed by atoms with Gasteiger partial charge in [-0.15, -0.1) is 5.10 Å². The number of pyridine rings is 1. The summed E-state index contributed by atoms with van der Waals surface area (Å²) in [4.78, 5) is 30.9. The van der Waals surface area contributed by atoms with Crippen molar-refractivity contribution in [2.45, 2.75) is 43.9 Å². The van der Waals surface area contributed by atoms with E-state index in [1.807, 2.05) is 0 Å². The molecule has 0 N–H and O–H groups in total. The van der Waals surface area contributed by atoms with Gasteiger partial charge >= 0.3 is 11.6 Å². The van der Waals surface area contributed by atoms with E-state index < -0.39 is 42.0 Å². The Morgan fingerprint density at radius 1 is 1.32 bits per heavy atom. The summed E-state index contributed by atoms with van der Waals surface area (Å²) in [5.74, 6) is -4.60. The molecule has 1 fully saturated rings. The molecule has 2 aliphatic rings. The van der Waals surface area contributed by atoms with Gasteiger partial charge in [-0.25, -0.2) is 13.9 Å². The van der Waals surface area contributed by atoms with Crippen molar-refractivity contribution < 1.29 is 18.0 Å². The maximum absolute atomic E-state index is 14.4. The molecule has 28 heavy (non-hydrogen) atoms. The zero-order valence-electron chi connectivity index (χ0n) is 14.7. The normalized spacial score (nSPS) is 23.6. The van der Waals surface area contributed by atoms with Crippen molar-refractivity contribution in [2.75, 3.05) is 13.1 Å². The highest BCUT2D eigenvalue weighted by molar-refractivity contribution is 6.30. The number of halogens is 4. The van der Waals surface area contributed by atoms with Crippen LogP contribution in [-0.4, -0.2) is 49.4 Å². The number of carbonyl (C=O) groups excluding carboxylic acids is 1. The third-order valence-electron chi connectivity index (χ3n) is 5.07. The van der Waals surface area contributed by atoms with E-state index in [4.69, 9.17) is 11.6 Å². The number of carbonyl (C=O) groups is 1. The smallest absolute Gasteiger partial charge is 0.338 e. The number of amides is 1. The molecule has 0 bridgehead atoms. The lowest BCUT2D eigenvalue weighted by atomic mass is 10.0. The zero-order valence-corrected chi connectivity index (χ0v) is 15.4. The van der Waals surface area contributed by atoms with Crippen molar-refractivity contribution in [2.24, 2.45) is 0 Å². The molecule has 0 spiro atoms. The molecule has 2 aromatic heterocycles. The Morgan fingerprint density at radius 2 is 2.11 bits per heavy atom. The van der Waals surface area contributed by atoms with Crippen LogP contribution >= 0.6 is 11.6 Å². The van der Waals surface area contributed by atoms with Crippen molar-refractivity contribution in [3.63, 3.8) is 0 Å². The van der Waals surface area contributed by atoms with Crippen LogP contribution in [0.1, 0.15) is 36.8 Å². The number of alkyl halides is 3. The Labute approximate surface area is 162 Å². The topological polar surface area (TPSA) is 73.0 Å². The molecular weight excluding hydrogens is 399 g/mol. The fourth-order valence-corrected chi connectivity index (χ4v) is 3.74. The maximum atomic E-state index is 14.4. The molecule has 4 rings (SSSR count). The average molecular weight is 416 g/mol. The van der Waals surface area contributed by atoms with Gasteiger partial charge < -0.3 is 4.90 Å². The highest BCUT2D eigenvalue weighted by Gasteiger charge is 2.48. The monoisotopic (exact) mass is 415 g/mol. The third kappa shape index (κ3) is 3.30. The van der Waals surface area contributed by atoms with Crippen LogP contribution in [0.2, 0.25) is 5.02 Å². The molecule has 1 amide bonds. The van der Waals surface area contributed by atoms with Gasteiger partial charge in [0.15, 0.2) is 0 Å². The molecule has 2 atom stereocenters. The molecule has 0 radical (unpaired) electrons. The van der Waals surface area contributed by atoms with Gasteiger partial charge in [0.1, 0.15) is 12.2 Å². The number of nitrogens with zero attached hydrogens (tertiary/aromatic N) is 5. The average Bonchev–Trinajstić information content (AvgIpc) is 3.22. The predicted molar refractivity (Wildman–Crippen MR) is 93.1 cm³/mol. The van der Waals surface area contributed by atoms with Gasteiger partial charge in [-0.2, -0.15) is 8.78 Å². The minimum Gasteiger partial charge on any atom is -0.338 e. The molecule has 11 heteroatoms. The molecule has 0 saturated carbocycles. The van der Waals surface area contributed by atoms with Crippen LogP contribution < -0.4 is 5.69 Å². The van der Waals surface area contributed by atoms with Crippen LogP contribution in [0.5, 0.6) is 0 Å². The van der Waals surface area contributed by atoms with Crippen molar-refractivity contribution in [1.82, 2.24) is 24.2 Å². The van der Waals surface area contributed by atoms with E-state index in [0.717, 1.165) is 9.25 Å². The molecule has 1 saturated heterocycles. The van der Waals surface area contributed by atoms with Gasteiger partial charge in [-0.1, -0.05) is 11.6 Å². The first-order valence-corrected chi connectivity index (χ1v) is 9.25. The van der Waals surface area contributed by atoms with Crippen molar-refractivity contribution in [3.05, 3.63) is 45.4 Å². The SMILES string of the molecule is O=C([C@@H]1CCC(F)(F)c2nn(Cc3ccc(Cl)cn3)c(=O)n21)N1CC[C@H](F)C1. The van der Waals surface area contributed by atoms with Gasteiger partial charge in [0.05, 0.1) is 23.8 Å². The van der Waals surface area contributed by atoms with Gasteiger partial charge in [0.25, 0.3) is 0 Å². The molecule has 0 aliphatic carbocycles. The van der Waals surface area contributed by atoms with Crippen LogP contribution in [0.15, 0.2) is 23.1 Å². The summed E-state index contributed by atoms with van der Waals surface area (Å²) in [6.45, 7) is -0.0122. The highest BCUT2D eigenvalue weighted by Crippen LogP contribution is 2.40. The Balaban J connectivity index is 1.70. The van der Waals surface area contributed by atoms with E-state index in [0.29, 0.717) is 10.7 Å². The minimum absolute atomic E-state index is 0.0847. The van der Waals surface area contributed by atoms with E-state index >= 15 is 0 Å². The van der Waals surface area contributed by atoms with Crippen LogP contribution in [0, 0.1) is 0 Å². The quantitative estimate of drug-likeness (QED) is 0.770. The van der Waals surface area contributed by atoms with Crippen LogP contribution in [-0.2, 0) is 17.3 Å². The summed E-state index contributed by atoms with van der Waals surface area (Å²) in [7, 11) is 0. The number of fused-ring (bicyclic) bond motifs is 1. The second-order valence-electron chi connectivity index (χ2n) is 7.03. The van der Waals surface area contributed by atoms with Gasteiger partial charge in [0, 0.05) is 19.2 Å². The summed E-state index contributed by atoms with van der Waals surface area (Å²) in [6, 6.07) is 2.01. The standard InChI is InChI=1S/C17H17ClF3N5O2/c18-10-1-2-12(22-7-10)9-25-16(28)26-13(3-5-17(20,21)15(26)23-25)14(27)24-6-4-11(19)8-24/h1-2,7,11,13H,3-6,8-9H2/t11-,13-/m0/s1. The first-order chi connectivity index (χ1) is 13.3. The summed E-state index contributed by atoms with van der Waals surface area (Å²) >= 11 is 5.77. The van der Waals surface area contributed by atoms with E-state index in [1.54, 1.807) is 12.1 Å². The lowest BCUT2D eigenvalue weighted by Crippen LogP contribution is -2.44. The molecule has 0 unspecified atom stereocenters. The Hall–Kier alpha value is -2.36. The number of rotatable bonds is 3. The zero-order chi connectivity index (χ0) is 20.1. The number of hydrogen-bond acceptors (Lipinski definition) is 4. The van der Waals surface area contributed by atoms with E-state index in [-0.39, 0.29) is 32.5 Å². The fraction of sp³-hybridized carbons (Fsp3) is 0.529. The Kier molecular flexibility index (Phi) is 4.68. The van der Waals surface area contributed by atoms with Gasteiger partial charge in [0.2, 0.25) is 11.7 Å². The number of likely N-dealkylation sites (tertiary alicyclic amines) is 1. The van der Waals surface area contributed by atoms with E-state index in [1.165, 1.54) is 11.1 Å². The predicted octanol–water partition coefficient (Wildman–Crippen LogP) is 2.14. The minimum atomic E-state index is -3.33. The van der Waals surface area contributed by atoms with Crippen LogP contribution in [0.25, 0.3) is 0 Å².